The molecule has 0 rings (SSSR count). The molecule has 2 heteroatoms. The fourth-order valence-electron chi connectivity index (χ4n) is 0.692. The summed E-state index contributed by atoms with van der Waals surface area (Å²) >= 11 is 0. The highest BCUT2D eigenvalue weighted by Gasteiger charge is 1.95. The molecular weight excluding hydrogens is 150 g/mol. The molecule has 0 spiro atoms. The molecule has 0 amide bonds. The van der Waals surface area contributed by atoms with Crippen molar-refractivity contribution in [1.82, 2.24) is 0 Å². The molecule has 0 aromatic rings. The molecule has 0 heterocycles. The number of unbranched alkanes of at least 4 members (excludes halogenated alkanes) is 1. The first-order valence-corrected chi connectivity index (χ1v) is 4.07. The lowest BCUT2D eigenvalue weighted by molar-refractivity contribution is 0.953. The number of rotatable bonds is 6. The fourth-order valence-corrected chi connectivity index (χ4v) is 0.692. The monoisotopic (exact) mass is 165 g/mol. The number of nitrogens with zero attached hydrogens (tertiary/aromatic N) is 1. The average molecular weight is 165 g/mol. The summed E-state index contributed by atoms with van der Waals surface area (Å²) in [4.78, 5) is 10.0. The molecule has 0 N–H and O–H groups in total. The van der Waals surface area contributed by atoms with Crippen LogP contribution in [0.15, 0.2) is 41.8 Å². The van der Waals surface area contributed by atoms with Crippen molar-refractivity contribution in [2.24, 2.45) is 5.18 Å². The van der Waals surface area contributed by atoms with E-state index >= 15 is 0 Å². The standard InChI is InChI=1S/C10H15NO/c1-4-5-6-7-8-9(2)10(3)11-12/h6-7H,2-5,8H2,1H3/b7-6-. The Morgan fingerprint density at radius 2 is 2.08 bits per heavy atom. The summed E-state index contributed by atoms with van der Waals surface area (Å²) in [5.41, 5.74) is 0.938. The smallest absolute Gasteiger partial charge is 0.103 e. The van der Waals surface area contributed by atoms with Crippen LogP contribution in [-0.4, -0.2) is 0 Å². The Hall–Kier alpha value is -1.18. The molecule has 0 radical (unpaired) electrons. The number of hydrogen-bond acceptors (Lipinski definition) is 2. The Labute approximate surface area is 73.6 Å². The predicted octanol–water partition coefficient (Wildman–Crippen LogP) is 3.57. The topological polar surface area (TPSA) is 29.4 Å². The molecule has 0 bridgehead atoms. The Bertz CT molecular complexity index is 204. The van der Waals surface area contributed by atoms with Gasteiger partial charge in [-0.2, -0.15) is 0 Å². The van der Waals surface area contributed by atoms with Crippen molar-refractivity contribution >= 4 is 0 Å². The van der Waals surface area contributed by atoms with Crippen molar-refractivity contribution in [2.45, 2.75) is 26.2 Å². The zero-order valence-electron chi connectivity index (χ0n) is 7.55. The molecule has 0 aromatic carbocycles. The van der Waals surface area contributed by atoms with Crippen LogP contribution >= 0.6 is 0 Å². The second kappa shape index (κ2) is 6.53. The number of nitroso groups, excluding NO2 is 1. The highest BCUT2D eigenvalue weighted by atomic mass is 16.3. The van der Waals surface area contributed by atoms with E-state index in [0.29, 0.717) is 12.0 Å². The van der Waals surface area contributed by atoms with Crippen molar-refractivity contribution < 1.29 is 0 Å². The average Bonchev–Trinajstić information content (AvgIpc) is 2.10. The van der Waals surface area contributed by atoms with Crippen LogP contribution in [0, 0.1) is 4.91 Å². The van der Waals surface area contributed by atoms with Crippen LogP contribution in [0.25, 0.3) is 0 Å². The fraction of sp³-hybridized carbons (Fsp3) is 0.400. The Morgan fingerprint density at radius 1 is 1.42 bits per heavy atom. The molecule has 0 aliphatic carbocycles. The van der Waals surface area contributed by atoms with Crippen LogP contribution in [0.3, 0.4) is 0 Å². The molecule has 12 heavy (non-hydrogen) atoms. The van der Waals surface area contributed by atoms with E-state index in [1.54, 1.807) is 0 Å². The minimum Gasteiger partial charge on any atom is -0.145 e. The summed E-state index contributed by atoms with van der Waals surface area (Å²) in [7, 11) is 0. The van der Waals surface area contributed by atoms with Gasteiger partial charge in [-0.3, -0.25) is 0 Å². The molecule has 2 nitrogen and oxygen atoms in total. The number of allylic oxidation sites excluding steroid dienone is 3. The summed E-state index contributed by atoms with van der Waals surface area (Å²) in [6.45, 7) is 9.25. The molecule has 0 fully saturated rings. The lowest BCUT2D eigenvalue weighted by atomic mass is 10.1. The number of hydrogen-bond donors (Lipinski definition) is 0. The normalized spacial score (nSPS) is 10.1. The summed E-state index contributed by atoms with van der Waals surface area (Å²) in [6, 6.07) is 0. The third kappa shape index (κ3) is 4.61. The van der Waals surface area contributed by atoms with Gasteiger partial charge in [0.25, 0.3) is 0 Å². The van der Waals surface area contributed by atoms with Gasteiger partial charge in [-0.1, -0.05) is 38.7 Å². The van der Waals surface area contributed by atoms with Gasteiger partial charge in [0.05, 0.1) is 0 Å². The van der Waals surface area contributed by atoms with Crippen LogP contribution in [0.2, 0.25) is 0 Å². The molecule has 0 aliphatic rings. The second-order valence-electron chi connectivity index (χ2n) is 2.61. The summed E-state index contributed by atoms with van der Waals surface area (Å²) < 4.78 is 0. The highest BCUT2D eigenvalue weighted by Crippen LogP contribution is 2.11. The quantitative estimate of drug-likeness (QED) is 0.336. The van der Waals surface area contributed by atoms with Crippen LogP contribution in [0.1, 0.15) is 26.2 Å². The lowest BCUT2D eigenvalue weighted by Crippen LogP contribution is -1.79. The van der Waals surface area contributed by atoms with Crippen molar-refractivity contribution in [3.8, 4) is 0 Å². The van der Waals surface area contributed by atoms with E-state index in [4.69, 9.17) is 0 Å². The van der Waals surface area contributed by atoms with Crippen molar-refractivity contribution in [3.05, 3.63) is 41.5 Å². The van der Waals surface area contributed by atoms with Crippen molar-refractivity contribution in [1.29, 1.82) is 0 Å². The van der Waals surface area contributed by atoms with Gasteiger partial charge >= 0.3 is 0 Å². The van der Waals surface area contributed by atoms with Gasteiger partial charge in [-0.05, 0) is 23.6 Å². The Morgan fingerprint density at radius 3 is 2.58 bits per heavy atom. The summed E-state index contributed by atoms with van der Waals surface area (Å²) in [5, 5.41) is 2.71. The van der Waals surface area contributed by atoms with Crippen LogP contribution in [0.5, 0.6) is 0 Å². The van der Waals surface area contributed by atoms with Gasteiger partial charge in [0.15, 0.2) is 0 Å². The molecule has 0 aliphatic heterocycles. The van der Waals surface area contributed by atoms with E-state index in [-0.39, 0.29) is 5.70 Å². The molecule has 0 atom stereocenters. The molecular formula is C10H15NO. The minimum atomic E-state index is 0.246. The molecule has 0 unspecified atom stereocenters. The van der Waals surface area contributed by atoms with E-state index in [1.807, 2.05) is 6.08 Å². The first-order chi connectivity index (χ1) is 5.72. The predicted molar refractivity (Wildman–Crippen MR) is 52.7 cm³/mol. The van der Waals surface area contributed by atoms with Gasteiger partial charge in [0, 0.05) is 0 Å². The van der Waals surface area contributed by atoms with Gasteiger partial charge in [0.2, 0.25) is 0 Å². The SMILES string of the molecule is C=C(C/C=C\CCC)C(=C)N=O. The highest BCUT2D eigenvalue weighted by molar-refractivity contribution is 5.25. The third-order valence-corrected chi connectivity index (χ3v) is 1.50. The zero-order chi connectivity index (χ0) is 9.40. The first kappa shape index (κ1) is 10.8. The van der Waals surface area contributed by atoms with Crippen LogP contribution in [-0.2, 0) is 0 Å². The second-order valence-corrected chi connectivity index (χ2v) is 2.61. The molecule has 66 valence electrons. The van der Waals surface area contributed by atoms with Gasteiger partial charge in [-0.25, -0.2) is 0 Å². The summed E-state index contributed by atoms with van der Waals surface area (Å²) in [6.07, 6.45) is 6.93. The molecule has 0 aromatic heterocycles. The third-order valence-electron chi connectivity index (χ3n) is 1.50. The lowest BCUT2D eigenvalue weighted by Gasteiger charge is -1.95. The zero-order valence-corrected chi connectivity index (χ0v) is 7.55. The van der Waals surface area contributed by atoms with Gasteiger partial charge < -0.3 is 0 Å². The maximum absolute atomic E-state index is 10.0. The molecule has 0 saturated heterocycles. The maximum atomic E-state index is 10.0. The van der Waals surface area contributed by atoms with E-state index in [9.17, 15) is 4.91 Å². The van der Waals surface area contributed by atoms with Crippen molar-refractivity contribution in [2.75, 3.05) is 0 Å². The van der Waals surface area contributed by atoms with Crippen LogP contribution in [0.4, 0.5) is 0 Å². The van der Waals surface area contributed by atoms with E-state index in [0.717, 1.165) is 12.8 Å². The van der Waals surface area contributed by atoms with Gasteiger partial charge in [-0.15, -0.1) is 4.91 Å². The van der Waals surface area contributed by atoms with Gasteiger partial charge in [0.1, 0.15) is 5.70 Å². The Kier molecular flexibility index (Phi) is 5.88. The minimum absolute atomic E-state index is 0.246. The van der Waals surface area contributed by atoms with Crippen LogP contribution < -0.4 is 0 Å². The van der Waals surface area contributed by atoms with Crippen molar-refractivity contribution in [3.63, 3.8) is 0 Å². The first-order valence-electron chi connectivity index (χ1n) is 4.07. The van der Waals surface area contributed by atoms with E-state index < -0.39 is 0 Å². The molecule has 0 saturated carbocycles. The van der Waals surface area contributed by atoms with E-state index in [2.05, 4.69) is 31.3 Å². The summed E-state index contributed by atoms with van der Waals surface area (Å²) in [5.74, 6) is 0. The Balaban J connectivity index is 3.71. The maximum Gasteiger partial charge on any atom is 0.103 e. The van der Waals surface area contributed by atoms with E-state index in [1.165, 1.54) is 0 Å². The largest absolute Gasteiger partial charge is 0.145 e.